The zero-order chi connectivity index (χ0) is 13.4. The van der Waals surface area contributed by atoms with E-state index in [-0.39, 0.29) is 0 Å². The molecule has 0 radical (unpaired) electrons. The number of anilines is 2. The van der Waals surface area contributed by atoms with E-state index in [1.165, 1.54) is 19.3 Å². The quantitative estimate of drug-likeness (QED) is 0.723. The first-order valence-electron chi connectivity index (χ1n) is 7.13. The Balaban J connectivity index is 1.74. The lowest BCUT2D eigenvalue weighted by atomic mass is 9.79. The van der Waals surface area contributed by atoms with Crippen LogP contribution in [0, 0.1) is 11.8 Å². The standard InChI is InChI=1S/C15H22N4/c1-9-3-5-12(7-10(9)2)17-15-18-13-6-4-11(16)8-14(13)19-15/h4,6,8-10,12H,3,5,7,16H2,1-2H3,(H2,17,18,19). The molecule has 4 N–H and O–H groups in total. The summed E-state index contributed by atoms with van der Waals surface area (Å²) in [5.74, 6) is 2.49. The van der Waals surface area contributed by atoms with Crippen LogP contribution in [-0.4, -0.2) is 16.0 Å². The van der Waals surface area contributed by atoms with Gasteiger partial charge in [-0.15, -0.1) is 0 Å². The van der Waals surface area contributed by atoms with E-state index in [2.05, 4.69) is 29.1 Å². The Labute approximate surface area is 113 Å². The van der Waals surface area contributed by atoms with Crippen LogP contribution in [0.1, 0.15) is 33.1 Å². The number of hydrogen-bond acceptors (Lipinski definition) is 3. The molecule has 3 unspecified atom stereocenters. The molecular weight excluding hydrogens is 236 g/mol. The van der Waals surface area contributed by atoms with Gasteiger partial charge in [0, 0.05) is 11.7 Å². The van der Waals surface area contributed by atoms with Crippen LogP contribution in [0.2, 0.25) is 0 Å². The molecule has 4 nitrogen and oxygen atoms in total. The molecule has 0 bridgehead atoms. The molecule has 102 valence electrons. The van der Waals surface area contributed by atoms with Gasteiger partial charge in [-0.2, -0.15) is 0 Å². The third-order valence-electron chi connectivity index (χ3n) is 4.44. The number of benzene rings is 1. The van der Waals surface area contributed by atoms with Crippen molar-refractivity contribution in [2.75, 3.05) is 11.1 Å². The fourth-order valence-corrected chi connectivity index (χ4v) is 2.97. The van der Waals surface area contributed by atoms with Crippen LogP contribution in [-0.2, 0) is 0 Å². The van der Waals surface area contributed by atoms with E-state index < -0.39 is 0 Å². The third kappa shape index (κ3) is 2.53. The number of aromatic nitrogens is 2. The van der Waals surface area contributed by atoms with Crippen LogP contribution in [0.15, 0.2) is 18.2 Å². The van der Waals surface area contributed by atoms with E-state index in [0.717, 1.165) is 34.5 Å². The van der Waals surface area contributed by atoms with Gasteiger partial charge in [0.1, 0.15) is 0 Å². The van der Waals surface area contributed by atoms with Crippen molar-refractivity contribution in [3.05, 3.63) is 18.2 Å². The Morgan fingerprint density at radius 2 is 2.11 bits per heavy atom. The smallest absolute Gasteiger partial charge is 0.201 e. The number of H-pyrrole nitrogens is 1. The summed E-state index contributed by atoms with van der Waals surface area (Å²) in [6.45, 7) is 4.70. The van der Waals surface area contributed by atoms with Crippen LogP contribution >= 0.6 is 0 Å². The molecule has 3 rings (SSSR count). The van der Waals surface area contributed by atoms with Gasteiger partial charge in [-0.25, -0.2) is 4.98 Å². The van der Waals surface area contributed by atoms with Crippen molar-refractivity contribution in [3.8, 4) is 0 Å². The van der Waals surface area contributed by atoms with Crippen molar-refractivity contribution in [3.63, 3.8) is 0 Å². The minimum Gasteiger partial charge on any atom is -0.399 e. The highest BCUT2D eigenvalue weighted by Gasteiger charge is 2.24. The fraction of sp³-hybridized carbons (Fsp3) is 0.533. The summed E-state index contributed by atoms with van der Waals surface area (Å²) in [6.07, 6.45) is 3.75. The number of fused-ring (bicyclic) bond motifs is 1. The van der Waals surface area contributed by atoms with Gasteiger partial charge in [-0.3, -0.25) is 0 Å². The Hall–Kier alpha value is -1.71. The lowest BCUT2D eigenvalue weighted by Gasteiger charge is -2.32. The first-order valence-corrected chi connectivity index (χ1v) is 7.13. The second kappa shape index (κ2) is 4.76. The number of nitrogens with two attached hydrogens (primary N) is 1. The number of nitrogen functional groups attached to an aromatic ring is 1. The van der Waals surface area contributed by atoms with Crippen LogP contribution in [0.3, 0.4) is 0 Å². The zero-order valence-electron chi connectivity index (χ0n) is 11.6. The number of nitrogens with one attached hydrogen (secondary N) is 2. The summed E-state index contributed by atoms with van der Waals surface area (Å²) in [5.41, 5.74) is 8.52. The molecule has 1 aliphatic rings. The first kappa shape index (κ1) is 12.3. The number of hydrogen-bond donors (Lipinski definition) is 3. The van der Waals surface area contributed by atoms with Crippen LogP contribution < -0.4 is 11.1 Å². The second-order valence-corrected chi connectivity index (χ2v) is 5.97. The lowest BCUT2D eigenvalue weighted by molar-refractivity contribution is 0.260. The Bertz CT molecular complexity index is 575. The van der Waals surface area contributed by atoms with E-state index >= 15 is 0 Å². The third-order valence-corrected chi connectivity index (χ3v) is 4.44. The Kier molecular flexibility index (Phi) is 3.09. The summed E-state index contributed by atoms with van der Waals surface area (Å²) in [7, 11) is 0. The molecule has 19 heavy (non-hydrogen) atoms. The molecule has 0 saturated heterocycles. The van der Waals surface area contributed by atoms with Gasteiger partial charge < -0.3 is 16.0 Å². The van der Waals surface area contributed by atoms with Gasteiger partial charge >= 0.3 is 0 Å². The minimum absolute atomic E-state index is 0.532. The molecule has 1 fully saturated rings. The summed E-state index contributed by atoms with van der Waals surface area (Å²) < 4.78 is 0. The van der Waals surface area contributed by atoms with Gasteiger partial charge in [0.05, 0.1) is 11.0 Å². The summed E-state index contributed by atoms with van der Waals surface area (Å²) >= 11 is 0. The molecular formula is C15H22N4. The molecule has 1 aromatic carbocycles. The predicted molar refractivity (Wildman–Crippen MR) is 80.1 cm³/mol. The SMILES string of the molecule is CC1CCC(Nc2nc3ccc(N)cc3[nH]2)CC1C. The molecule has 1 saturated carbocycles. The van der Waals surface area contributed by atoms with Crippen molar-refractivity contribution in [2.24, 2.45) is 11.8 Å². The Morgan fingerprint density at radius 1 is 1.26 bits per heavy atom. The maximum absolute atomic E-state index is 5.78. The molecule has 1 aromatic heterocycles. The maximum Gasteiger partial charge on any atom is 0.201 e. The minimum atomic E-state index is 0.532. The number of imidazole rings is 1. The van der Waals surface area contributed by atoms with E-state index in [4.69, 9.17) is 5.73 Å². The van der Waals surface area contributed by atoms with Crippen molar-refractivity contribution < 1.29 is 0 Å². The summed E-state index contributed by atoms with van der Waals surface area (Å²) in [6, 6.07) is 6.30. The fourth-order valence-electron chi connectivity index (χ4n) is 2.97. The second-order valence-electron chi connectivity index (χ2n) is 5.97. The van der Waals surface area contributed by atoms with Gasteiger partial charge in [0.2, 0.25) is 5.95 Å². The highest BCUT2D eigenvalue weighted by atomic mass is 15.1. The topological polar surface area (TPSA) is 66.7 Å². The van der Waals surface area contributed by atoms with E-state index in [1.54, 1.807) is 0 Å². The monoisotopic (exact) mass is 258 g/mol. The van der Waals surface area contributed by atoms with Gasteiger partial charge in [0.15, 0.2) is 0 Å². The van der Waals surface area contributed by atoms with Crippen molar-refractivity contribution in [1.29, 1.82) is 0 Å². The molecule has 3 atom stereocenters. The van der Waals surface area contributed by atoms with E-state index in [9.17, 15) is 0 Å². The number of aromatic amines is 1. The average molecular weight is 258 g/mol. The molecule has 0 aliphatic heterocycles. The number of rotatable bonds is 2. The first-order chi connectivity index (χ1) is 9.11. The maximum atomic E-state index is 5.78. The molecule has 0 spiro atoms. The number of nitrogens with zero attached hydrogens (tertiary/aromatic N) is 1. The van der Waals surface area contributed by atoms with E-state index in [1.807, 2.05) is 18.2 Å². The highest BCUT2D eigenvalue weighted by molar-refractivity contribution is 5.80. The Morgan fingerprint density at radius 3 is 2.89 bits per heavy atom. The molecule has 0 amide bonds. The van der Waals surface area contributed by atoms with Gasteiger partial charge in [-0.1, -0.05) is 13.8 Å². The van der Waals surface area contributed by atoms with Crippen molar-refractivity contribution in [1.82, 2.24) is 9.97 Å². The highest BCUT2D eigenvalue weighted by Crippen LogP contribution is 2.31. The van der Waals surface area contributed by atoms with Crippen molar-refractivity contribution >= 4 is 22.7 Å². The molecule has 1 heterocycles. The van der Waals surface area contributed by atoms with Gasteiger partial charge in [-0.05, 0) is 49.3 Å². The molecule has 4 heteroatoms. The van der Waals surface area contributed by atoms with Crippen LogP contribution in [0.4, 0.5) is 11.6 Å². The summed E-state index contributed by atoms with van der Waals surface area (Å²) in [5, 5.41) is 3.53. The van der Waals surface area contributed by atoms with Crippen LogP contribution in [0.5, 0.6) is 0 Å². The molecule has 1 aliphatic carbocycles. The average Bonchev–Trinajstić information content (AvgIpc) is 2.75. The lowest BCUT2D eigenvalue weighted by Crippen LogP contribution is -2.30. The predicted octanol–water partition coefficient (Wildman–Crippen LogP) is 3.38. The largest absolute Gasteiger partial charge is 0.399 e. The normalized spacial score (nSPS) is 27.6. The summed E-state index contributed by atoms with van der Waals surface area (Å²) in [4.78, 5) is 7.88. The van der Waals surface area contributed by atoms with Crippen molar-refractivity contribution in [2.45, 2.75) is 39.2 Å². The zero-order valence-corrected chi connectivity index (χ0v) is 11.6. The van der Waals surface area contributed by atoms with Crippen LogP contribution in [0.25, 0.3) is 11.0 Å². The van der Waals surface area contributed by atoms with E-state index in [0.29, 0.717) is 6.04 Å². The van der Waals surface area contributed by atoms with Gasteiger partial charge in [0.25, 0.3) is 0 Å². The molecule has 2 aromatic rings.